The van der Waals surface area contributed by atoms with Crippen LogP contribution < -0.4 is 10.6 Å². The van der Waals surface area contributed by atoms with Gasteiger partial charge >= 0.3 is 0 Å². The molecule has 2 N–H and O–H groups in total. The number of nitrogens with zero attached hydrogens (tertiary/aromatic N) is 1. The van der Waals surface area contributed by atoms with Crippen molar-refractivity contribution < 1.29 is 14.4 Å². The predicted molar refractivity (Wildman–Crippen MR) is 134 cm³/mol. The van der Waals surface area contributed by atoms with Crippen LogP contribution in [0.3, 0.4) is 0 Å². The molecule has 182 valence electrons. The number of hydrogen-bond donors (Lipinski definition) is 2. The monoisotopic (exact) mass is 463 g/mol. The number of unbranched alkanes of at least 4 members (excludes halogenated alkanes) is 3. The van der Waals surface area contributed by atoms with Crippen LogP contribution in [0.4, 0.5) is 0 Å². The van der Waals surface area contributed by atoms with Gasteiger partial charge in [-0.2, -0.15) is 0 Å². The zero-order valence-corrected chi connectivity index (χ0v) is 20.5. The van der Waals surface area contributed by atoms with Crippen molar-refractivity contribution in [1.82, 2.24) is 15.5 Å². The molecule has 1 aromatic rings. The first-order valence-corrected chi connectivity index (χ1v) is 12.6. The average Bonchev–Trinajstić information content (AvgIpc) is 3.17. The topological polar surface area (TPSA) is 78.5 Å². The summed E-state index contributed by atoms with van der Waals surface area (Å²) in [5.74, 6) is 5.69. The maximum absolute atomic E-state index is 12.9. The van der Waals surface area contributed by atoms with Gasteiger partial charge in [0.15, 0.2) is 0 Å². The molecule has 0 aromatic heterocycles. The molecule has 0 saturated carbocycles. The summed E-state index contributed by atoms with van der Waals surface area (Å²) in [7, 11) is 0. The Morgan fingerprint density at radius 1 is 1.21 bits per heavy atom. The number of fused-ring (bicyclic) bond motifs is 1. The van der Waals surface area contributed by atoms with Gasteiger partial charge in [0.1, 0.15) is 6.04 Å². The standard InChI is InChI=1S/C28H37N3O3/c1-4-18-28(5-2,6-3)29-19-11-9-7-8-10-13-21-14-12-15-22-23(21)20-31(27(22)34)24-16-17-25(32)30-26(24)33/h4,12,14-15,24,29H,1,5-9,11,16-20H2,2-3H3,(H,30,32,33). The normalized spacial score (nSPS) is 17.8. The van der Waals surface area contributed by atoms with Crippen LogP contribution in [0.2, 0.25) is 0 Å². The summed E-state index contributed by atoms with van der Waals surface area (Å²) in [6.07, 6.45) is 9.92. The Morgan fingerprint density at radius 2 is 2.00 bits per heavy atom. The fourth-order valence-electron chi connectivity index (χ4n) is 4.87. The molecule has 2 heterocycles. The molecule has 3 rings (SSSR count). The number of carbonyl (C=O) groups is 3. The highest BCUT2D eigenvalue weighted by Crippen LogP contribution is 2.29. The molecule has 1 atom stereocenters. The number of imide groups is 1. The number of rotatable bonds is 11. The fraction of sp³-hybridized carbons (Fsp3) is 0.536. The van der Waals surface area contributed by atoms with E-state index in [1.165, 1.54) is 0 Å². The minimum atomic E-state index is -0.599. The third-order valence-electron chi connectivity index (χ3n) is 7.17. The Bertz CT molecular complexity index is 984. The lowest BCUT2D eigenvalue weighted by atomic mass is 9.89. The van der Waals surface area contributed by atoms with Gasteiger partial charge in [-0.1, -0.05) is 44.3 Å². The number of hydrogen-bond acceptors (Lipinski definition) is 4. The first-order valence-electron chi connectivity index (χ1n) is 12.6. The van der Waals surface area contributed by atoms with Crippen molar-refractivity contribution in [2.45, 2.75) is 89.8 Å². The summed E-state index contributed by atoms with van der Waals surface area (Å²) in [6, 6.07) is 4.97. The first kappa shape index (κ1) is 25.7. The van der Waals surface area contributed by atoms with Gasteiger partial charge in [0.2, 0.25) is 11.8 Å². The van der Waals surface area contributed by atoms with Crippen molar-refractivity contribution in [1.29, 1.82) is 0 Å². The van der Waals surface area contributed by atoms with Crippen molar-refractivity contribution >= 4 is 17.7 Å². The molecule has 3 amide bonds. The fourth-order valence-corrected chi connectivity index (χ4v) is 4.87. The van der Waals surface area contributed by atoms with Crippen molar-refractivity contribution in [3.8, 4) is 11.8 Å². The Kier molecular flexibility index (Phi) is 9.06. The molecule has 1 saturated heterocycles. The predicted octanol–water partition coefficient (Wildman–Crippen LogP) is 4.08. The first-order chi connectivity index (χ1) is 16.4. The highest BCUT2D eigenvalue weighted by atomic mass is 16.2. The van der Waals surface area contributed by atoms with Crippen LogP contribution in [0.1, 0.15) is 93.1 Å². The summed E-state index contributed by atoms with van der Waals surface area (Å²) in [4.78, 5) is 38.2. The van der Waals surface area contributed by atoms with Gasteiger partial charge in [-0.3, -0.25) is 19.7 Å². The van der Waals surface area contributed by atoms with E-state index in [9.17, 15) is 14.4 Å². The van der Waals surface area contributed by atoms with Crippen LogP contribution in [0, 0.1) is 11.8 Å². The maximum Gasteiger partial charge on any atom is 0.255 e. The minimum Gasteiger partial charge on any atom is -0.322 e. The van der Waals surface area contributed by atoms with E-state index < -0.39 is 6.04 Å². The van der Waals surface area contributed by atoms with E-state index in [0.29, 0.717) is 18.5 Å². The Hall–Kier alpha value is -2.91. The van der Waals surface area contributed by atoms with Crippen LogP contribution in [0.25, 0.3) is 0 Å². The van der Waals surface area contributed by atoms with E-state index in [1.54, 1.807) is 11.0 Å². The van der Waals surface area contributed by atoms with Gasteiger partial charge in [-0.05, 0) is 62.8 Å². The smallest absolute Gasteiger partial charge is 0.255 e. The van der Waals surface area contributed by atoms with Crippen LogP contribution >= 0.6 is 0 Å². The van der Waals surface area contributed by atoms with Crippen molar-refractivity contribution in [2.24, 2.45) is 0 Å². The van der Waals surface area contributed by atoms with E-state index in [4.69, 9.17) is 0 Å². The minimum absolute atomic E-state index is 0.160. The van der Waals surface area contributed by atoms with Crippen LogP contribution in [0.5, 0.6) is 0 Å². The number of carbonyl (C=O) groups excluding carboxylic acids is 3. The van der Waals surface area contributed by atoms with Crippen LogP contribution in [-0.4, -0.2) is 40.7 Å². The Morgan fingerprint density at radius 3 is 2.71 bits per heavy atom. The molecule has 0 spiro atoms. The lowest BCUT2D eigenvalue weighted by molar-refractivity contribution is -0.136. The largest absolute Gasteiger partial charge is 0.322 e. The zero-order chi connectivity index (χ0) is 24.6. The summed E-state index contributed by atoms with van der Waals surface area (Å²) >= 11 is 0. The summed E-state index contributed by atoms with van der Waals surface area (Å²) in [5, 5.41) is 6.07. The number of benzene rings is 1. The number of amides is 3. The molecule has 1 unspecified atom stereocenters. The van der Waals surface area contributed by atoms with Gasteiger partial charge in [0.05, 0.1) is 0 Å². The second kappa shape index (κ2) is 12.0. The van der Waals surface area contributed by atoms with Crippen LogP contribution in [0.15, 0.2) is 30.9 Å². The zero-order valence-electron chi connectivity index (χ0n) is 20.5. The van der Waals surface area contributed by atoms with E-state index in [1.807, 2.05) is 18.2 Å². The van der Waals surface area contributed by atoms with Gasteiger partial charge in [0, 0.05) is 36.1 Å². The van der Waals surface area contributed by atoms with E-state index in [0.717, 1.165) is 62.6 Å². The lowest BCUT2D eigenvalue weighted by Crippen LogP contribution is -2.52. The second-order valence-corrected chi connectivity index (χ2v) is 9.25. The van der Waals surface area contributed by atoms with Gasteiger partial charge in [-0.25, -0.2) is 0 Å². The van der Waals surface area contributed by atoms with E-state index in [2.05, 4.69) is 42.9 Å². The molecule has 0 aliphatic carbocycles. The molecule has 1 aromatic carbocycles. The third-order valence-corrected chi connectivity index (χ3v) is 7.17. The van der Waals surface area contributed by atoms with E-state index >= 15 is 0 Å². The molecule has 6 nitrogen and oxygen atoms in total. The second-order valence-electron chi connectivity index (χ2n) is 9.25. The third kappa shape index (κ3) is 5.95. The van der Waals surface area contributed by atoms with Crippen molar-refractivity contribution in [3.05, 3.63) is 47.5 Å². The van der Waals surface area contributed by atoms with Gasteiger partial charge in [-0.15, -0.1) is 6.58 Å². The summed E-state index contributed by atoms with van der Waals surface area (Å²) < 4.78 is 0. The molecule has 1 fully saturated rings. The lowest BCUT2D eigenvalue weighted by Gasteiger charge is -2.32. The van der Waals surface area contributed by atoms with Crippen molar-refractivity contribution in [3.63, 3.8) is 0 Å². The summed E-state index contributed by atoms with van der Waals surface area (Å²) in [6.45, 7) is 9.72. The molecule has 2 aliphatic heterocycles. The molecule has 6 heteroatoms. The summed E-state index contributed by atoms with van der Waals surface area (Å²) in [5.41, 5.74) is 2.51. The molecule has 0 radical (unpaired) electrons. The van der Waals surface area contributed by atoms with E-state index in [-0.39, 0.29) is 29.7 Å². The number of piperidine rings is 1. The number of nitrogens with one attached hydrogen (secondary N) is 2. The molecular formula is C28H37N3O3. The molecular weight excluding hydrogens is 426 g/mol. The van der Waals surface area contributed by atoms with Crippen LogP contribution in [-0.2, 0) is 16.1 Å². The van der Waals surface area contributed by atoms with Gasteiger partial charge in [0.25, 0.3) is 5.91 Å². The molecule has 0 bridgehead atoms. The molecule has 34 heavy (non-hydrogen) atoms. The molecule has 2 aliphatic rings. The SMILES string of the molecule is C=CCC(CC)(CC)NCCCCCC#Cc1cccc2c1CN(C1CCC(=O)NC1=O)C2=O. The quantitative estimate of drug-likeness (QED) is 0.224. The van der Waals surface area contributed by atoms with Gasteiger partial charge < -0.3 is 10.2 Å². The highest BCUT2D eigenvalue weighted by molar-refractivity contribution is 6.05. The Labute approximate surface area is 203 Å². The maximum atomic E-state index is 12.9. The van der Waals surface area contributed by atoms with Crippen molar-refractivity contribution in [2.75, 3.05) is 6.54 Å². The Balaban J connectivity index is 1.50. The highest BCUT2D eigenvalue weighted by Gasteiger charge is 2.39. The average molecular weight is 464 g/mol.